The third kappa shape index (κ3) is 4.17. The molecule has 0 saturated carbocycles. The first kappa shape index (κ1) is 20.6. The van der Waals surface area contributed by atoms with Gasteiger partial charge in [-0.25, -0.2) is 9.69 Å². The molecule has 0 aliphatic carbocycles. The second kappa shape index (κ2) is 8.49. The molecule has 2 aromatic carbocycles. The zero-order chi connectivity index (χ0) is 21.1. The number of esters is 1. The van der Waals surface area contributed by atoms with Crippen LogP contribution in [0.1, 0.15) is 42.6 Å². The van der Waals surface area contributed by atoms with Crippen molar-refractivity contribution in [2.75, 3.05) is 16.8 Å². The molecule has 29 heavy (non-hydrogen) atoms. The van der Waals surface area contributed by atoms with Gasteiger partial charge in [0.1, 0.15) is 10.7 Å². The fourth-order valence-corrected chi connectivity index (χ4v) is 3.12. The molecule has 0 bridgehead atoms. The van der Waals surface area contributed by atoms with Crippen molar-refractivity contribution in [3.05, 3.63) is 70.4 Å². The van der Waals surface area contributed by atoms with Crippen LogP contribution in [0.5, 0.6) is 0 Å². The molecule has 0 spiro atoms. The Morgan fingerprint density at radius 3 is 2.21 bits per heavy atom. The summed E-state index contributed by atoms with van der Waals surface area (Å²) in [5.74, 6) is -1.21. The van der Waals surface area contributed by atoms with Crippen molar-refractivity contribution in [3.8, 4) is 0 Å². The summed E-state index contributed by atoms with van der Waals surface area (Å²) in [7, 11) is 0. The Kier molecular flexibility index (Phi) is 6.03. The van der Waals surface area contributed by atoms with Crippen LogP contribution >= 0.6 is 11.6 Å². The zero-order valence-corrected chi connectivity index (χ0v) is 17.1. The van der Waals surface area contributed by atoms with Gasteiger partial charge in [-0.15, -0.1) is 0 Å². The number of anilines is 2. The number of rotatable bonds is 6. The maximum atomic E-state index is 12.8. The Labute approximate surface area is 174 Å². The van der Waals surface area contributed by atoms with Crippen LogP contribution in [0.4, 0.5) is 11.4 Å². The maximum Gasteiger partial charge on any atom is 0.338 e. The van der Waals surface area contributed by atoms with Gasteiger partial charge in [-0.1, -0.05) is 37.6 Å². The second-order valence-electron chi connectivity index (χ2n) is 6.80. The Hall–Kier alpha value is -3.12. The topological polar surface area (TPSA) is 75.7 Å². The highest BCUT2D eigenvalue weighted by atomic mass is 35.5. The number of carbonyl (C=O) groups excluding carboxylic acids is 3. The van der Waals surface area contributed by atoms with E-state index in [1.54, 1.807) is 43.3 Å². The van der Waals surface area contributed by atoms with Crippen LogP contribution in [-0.2, 0) is 14.3 Å². The van der Waals surface area contributed by atoms with Crippen molar-refractivity contribution in [1.82, 2.24) is 0 Å². The summed E-state index contributed by atoms with van der Waals surface area (Å²) in [5.41, 5.74) is 2.46. The van der Waals surface area contributed by atoms with E-state index in [2.05, 4.69) is 19.2 Å². The molecule has 1 aliphatic rings. The van der Waals surface area contributed by atoms with E-state index in [1.807, 2.05) is 12.1 Å². The quantitative estimate of drug-likeness (QED) is 0.561. The first-order valence-corrected chi connectivity index (χ1v) is 9.64. The van der Waals surface area contributed by atoms with Gasteiger partial charge in [0.25, 0.3) is 11.8 Å². The predicted molar refractivity (Wildman–Crippen MR) is 112 cm³/mol. The summed E-state index contributed by atoms with van der Waals surface area (Å²) >= 11 is 6.15. The predicted octanol–water partition coefficient (Wildman–Crippen LogP) is 4.42. The van der Waals surface area contributed by atoms with Gasteiger partial charge in [0, 0.05) is 5.69 Å². The Morgan fingerprint density at radius 1 is 1.03 bits per heavy atom. The summed E-state index contributed by atoms with van der Waals surface area (Å²) in [6.07, 6.45) is 0. The molecule has 0 aromatic heterocycles. The van der Waals surface area contributed by atoms with Crippen molar-refractivity contribution < 1.29 is 19.1 Å². The van der Waals surface area contributed by atoms with Crippen LogP contribution in [0.25, 0.3) is 0 Å². The van der Waals surface area contributed by atoms with Crippen LogP contribution in [0.2, 0.25) is 0 Å². The lowest BCUT2D eigenvalue weighted by Crippen LogP contribution is -2.32. The smallest absolute Gasteiger partial charge is 0.338 e. The van der Waals surface area contributed by atoms with E-state index >= 15 is 0 Å². The molecule has 0 atom stereocenters. The minimum Gasteiger partial charge on any atom is -0.462 e. The molecule has 0 unspecified atom stereocenters. The first-order chi connectivity index (χ1) is 13.8. The Bertz CT molecular complexity index is 979. The molecule has 1 N–H and O–H groups in total. The van der Waals surface area contributed by atoms with Gasteiger partial charge in [-0.2, -0.15) is 0 Å². The molecule has 1 heterocycles. The van der Waals surface area contributed by atoms with E-state index in [0.717, 1.165) is 10.5 Å². The molecule has 6 nitrogen and oxygen atoms in total. The van der Waals surface area contributed by atoms with Gasteiger partial charge < -0.3 is 10.1 Å². The second-order valence-corrected chi connectivity index (χ2v) is 7.18. The van der Waals surface area contributed by atoms with Crippen molar-refractivity contribution in [2.24, 2.45) is 0 Å². The number of hydrogen-bond donors (Lipinski definition) is 1. The minimum absolute atomic E-state index is 0.00603. The molecule has 0 saturated heterocycles. The average molecular weight is 413 g/mol. The molecule has 2 aromatic rings. The standard InChI is InChI=1S/C22H21ClN2O4/c1-4-29-22(28)15-5-9-16(10-6-15)24-19-18(23)20(26)25(21(19)27)17-11-7-14(8-12-17)13(2)3/h5-13,24H,4H2,1-3H3. The van der Waals surface area contributed by atoms with Crippen molar-refractivity contribution in [2.45, 2.75) is 26.7 Å². The zero-order valence-electron chi connectivity index (χ0n) is 16.4. The van der Waals surface area contributed by atoms with Crippen LogP contribution in [0.15, 0.2) is 59.3 Å². The third-order valence-electron chi connectivity index (χ3n) is 4.51. The minimum atomic E-state index is -0.584. The lowest BCUT2D eigenvalue weighted by Gasteiger charge is -2.16. The fraction of sp³-hybridized carbons (Fsp3) is 0.227. The van der Waals surface area contributed by atoms with E-state index < -0.39 is 17.8 Å². The number of nitrogens with zero attached hydrogens (tertiary/aromatic N) is 1. The van der Waals surface area contributed by atoms with Crippen LogP contribution in [0.3, 0.4) is 0 Å². The number of hydrogen-bond acceptors (Lipinski definition) is 5. The monoisotopic (exact) mass is 412 g/mol. The summed E-state index contributed by atoms with van der Waals surface area (Å²) in [6.45, 7) is 6.14. The number of carbonyl (C=O) groups is 3. The summed E-state index contributed by atoms with van der Waals surface area (Å²) < 4.78 is 4.94. The van der Waals surface area contributed by atoms with E-state index in [-0.39, 0.29) is 17.3 Å². The number of amides is 2. The first-order valence-electron chi connectivity index (χ1n) is 9.26. The van der Waals surface area contributed by atoms with Gasteiger partial charge in [-0.05, 0) is 54.8 Å². The molecule has 150 valence electrons. The van der Waals surface area contributed by atoms with Crippen LogP contribution in [-0.4, -0.2) is 24.4 Å². The average Bonchev–Trinajstić information content (AvgIpc) is 2.92. The number of imide groups is 1. The number of ether oxygens (including phenoxy) is 1. The molecule has 2 amide bonds. The highest BCUT2D eigenvalue weighted by Crippen LogP contribution is 2.31. The lowest BCUT2D eigenvalue weighted by molar-refractivity contribution is -0.120. The number of benzene rings is 2. The number of nitrogens with one attached hydrogen (secondary N) is 1. The largest absolute Gasteiger partial charge is 0.462 e. The SMILES string of the molecule is CCOC(=O)c1ccc(NC2=C(Cl)C(=O)N(c3ccc(C(C)C)cc3)C2=O)cc1. The van der Waals surface area contributed by atoms with E-state index in [1.165, 1.54) is 0 Å². The van der Waals surface area contributed by atoms with Crippen molar-refractivity contribution in [1.29, 1.82) is 0 Å². The van der Waals surface area contributed by atoms with Gasteiger partial charge in [0.2, 0.25) is 0 Å². The third-order valence-corrected chi connectivity index (χ3v) is 4.86. The van der Waals surface area contributed by atoms with Crippen LogP contribution < -0.4 is 10.2 Å². The maximum absolute atomic E-state index is 12.8. The van der Waals surface area contributed by atoms with Gasteiger partial charge in [0.15, 0.2) is 0 Å². The summed E-state index contributed by atoms with van der Waals surface area (Å²) in [5, 5.41) is 2.70. The number of halogens is 1. The van der Waals surface area contributed by atoms with Gasteiger partial charge >= 0.3 is 5.97 Å². The highest BCUT2D eigenvalue weighted by molar-refractivity contribution is 6.53. The Morgan fingerprint density at radius 2 is 1.66 bits per heavy atom. The van der Waals surface area contributed by atoms with Crippen molar-refractivity contribution >= 4 is 40.8 Å². The van der Waals surface area contributed by atoms with E-state index in [9.17, 15) is 14.4 Å². The van der Waals surface area contributed by atoms with Gasteiger partial charge in [-0.3, -0.25) is 9.59 Å². The molecule has 0 radical (unpaired) electrons. The fourth-order valence-electron chi connectivity index (χ4n) is 2.90. The summed E-state index contributed by atoms with van der Waals surface area (Å²) in [4.78, 5) is 38.2. The molecule has 1 aliphatic heterocycles. The van der Waals surface area contributed by atoms with Crippen LogP contribution in [0, 0.1) is 0 Å². The normalized spacial score (nSPS) is 14.0. The van der Waals surface area contributed by atoms with Gasteiger partial charge in [0.05, 0.1) is 17.9 Å². The molecular weight excluding hydrogens is 392 g/mol. The summed E-state index contributed by atoms with van der Waals surface area (Å²) in [6, 6.07) is 13.6. The molecule has 3 rings (SSSR count). The Balaban J connectivity index is 1.79. The highest BCUT2D eigenvalue weighted by Gasteiger charge is 2.38. The molecule has 7 heteroatoms. The van der Waals surface area contributed by atoms with E-state index in [4.69, 9.17) is 16.3 Å². The van der Waals surface area contributed by atoms with E-state index in [0.29, 0.717) is 22.9 Å². The molecule has 0 fully saturated rings. The van der Waals surface area contributed by atoms with Crippen molar-refractivity contribution in [3.63, 3.8) is 0 Å². The molecular formula is C22H21ClN2O4. The lowest BCUT2D eigenvalue weighted by atomic mass is 10.0.